The third-order valence-electron chi connectivity index (χ3n) is 4.24. The Hall–Kier alpha value is -1.96. The highest BCUT2D eigenvalue weighted by atomic mass is 32.2. The summed E-state index contributed by atoms with van der Waals surface area (Å²) in [5, 5.41) is -1.25. The van der Waals surface area contributed by atoms with Gasteiger partial charge in [-0.1, -0.05) is 18.2 Å². The molecule has 0 radical (unpaired) electrons. The lowest BCUT2D eigenvalue weighted by molar-refractivity contribution is -0.137. The van der Waals surface area contributed by atoms with Gasteiger partial charge in [0.25, 0.3) is 0 Å². The minimum absolute atomic E-state index is 0.0542. The van der Waals surface area contributed by atoms with Crippen LogP contribution < -0.4 is 0 Å². The van der Waals surface area contributed by atoms with Gasteiger partial charge in [-0.05, 0) is 13.0 Å². The standard InChI is InChI=1S/C16H21FN2O4S/c1-12(16(21)19-9-7-18(8-10-19)13(2)20)24(22,23)11-14-5-3-4-6-15(14)17/h3-6,12H,7-11H2,1-2H3. The van der Waals surface area contributed by atoms with Gasteiger partial charge in [0.2, 0.25) is 11.8 Å². The summed E-state index contributed by atoms with van der Waals surface area (Å²) < 4.78 is 38.5. The maximum absolute atomic E-state index is 13.7. The van der Waals surface area contributed by atoms with Crippen LogP contribution in [0.25, 0.3) is 0 Å². The van der Waals surface area contributed by atoms with Crippen LogP contribution in [0.2, 0.25) is 0 Å². The molecule has 1 aromatic carbocycles. The zero-order valence-electron chi connectivity index (χ0n) is 13.7. The number of halogens is 1. The summed E-state index contributed by atoms with van der Waals surface area (Å²) in [5.41, 5.74) is 0.0542. The van der Waals surface area contributed by atoms with Crippen molar-refractivity contribution in [2.45, 2.75) is 24.9 Å². The first-order valence-electron chi connectivity index (χ1n) is 7.71. The fourth-order valence-electron chi connectivity index (χ4n) is 2.61. The Morgan fingerprint density at radius 3 is 2.21 bits per heavy atom. The molecule has 0 bridgehead atoms. The third kappa shape index (κ3) is 4.11. The minimum Gasteiger partial charge on any atom is -0.339 e. The van der Waals surface area contributed by atoms with Gasteiger partial charge in [-0.3, -0.25) is 9.59 Å². The zero-order valence-corrected chi connectivity index (χ0v) is 14.6. The molecule has 132 valence electrons. The van der Waals surface area contributed by atoms with Gasteiger partial charge in [0.15, 0.2) is 9.84 Å². The first-order chi connectivity index (χ1) is 11.2. The van der Waals surface area contributed by atoms with Crippen LogP contribution in [0.3, 0.4) is 0 Å². The maximum Gasteiger partial charge on any atom is 0.240 e. The van der Waals surface area contributed by atoms with E-state index in [9.17, 15) is 22.4 Å². The van der Waals surface area contributed by atoms with Crippen molar-refractivity contribution in [2.75, 3.05) is 26.2 Å². The lowest BCUT2D eigenvalue weighted by Gasteiger charge is -2.35. The van der Waals surface area contributed by atoms with Gasteiger partial charge in [0, 0.05) is 38.7 Å². The molecule has 1 aromatic rings. The number of carbonyl (C=O) groups excluding carboxylic acids is 2. The molecule has 24 heavy (non-hydrogen) atoms. The molecule has 0 N–H and O–H groups in total. The molecule has 1 saturated heterocycles. The highest BCUT2D eigenvalue weighted by Crippen LogP contribution is 2.17. The lowest BCUT2D eigenvalue weighted by Crippen LogP contribution is -2.53. The molecule has 2 rings (SSSR count). The molecular formula is C16H21FN2O4S. The number of benzene rings is 1. The van der Waals surface area contributed by atoms with Gasteiger partial charge in [-0.15, -0.1) is 0 Å². The largest absolute Gasteiger partial charge is 0.339 e. The van der Waals surface area contributed by atoms with E-state index in [4.69, 9.17) is 0 Å². The molecule has 0 spiro atoms. The molecule has 1 atom stereocenters. The molecule has 0 aromatic heterocycles. The number of carbonyl (C=O) groups is 2. The quantitative estimate of drug-likeness (QED) is 0.801. The topological polar surface area (TPSA) is 74.8 Å². The van der Waals surface area contributed by atoms with Crippen molar-refractivity contribution < 1.29 is 22.4 Å². The number of piperazine rings is 1. The van der Waals surface area contributed by atoms with E-state index in [-0.39, 0.29) is 11.5 Å². The molecule has 8 heteroatoms. The van der Waals surface area contributed by atoms with Crippen molar-refractivity contribution in [1.82, 2.24) is 9.80 Å². The smallest absolute Gasteiger partial charge is 0.240 e. The second-order valence-electron chi connectivity index (χ2n) is 5.87. The number of hydrogen-bond acceptors (Lipinski definition) is 4. The zero-order chi connectivity index (χ0) is 17.9. The van der Waals surface area contributed by atoms with Gasteiger partial charge in [-0.2, -0.15) is 0 Å². The number of rotatable bonds is 4. The normalized spacial score (nSPS) is 16.8. The van der Waals surface area contributed by atoms with Gasteiger partial charge in [-0.25, -0.2) is 12.8 Å². The number of hydrogen-bond donors (Lipinski definition) is 0. The molecule has 6 nitrogen and oxygen atoms in total. The molecule has 2 amide bonds. The number of nitrogens with zero attached hydrogens (tertiary/aromatic N) is 2. The van der Waals surface area contributed by atoms with Gasteiger partial charge in [0.05, 0.1) is 5.75 Å². The summed E-state index contributed by atoms with van der Waals surface area (Å²) in [7, 11) is -3.83. The van der Waals surface area contributed by atoms with E-state index in [1.165, 1.54) is 36.9 Å². The Balaban J connectivity index is 2.04. The van der Waals surface area contributed by atoms with Crippen molar-refractivity contribution in [2.24, 2.45) is 0 Å². The minimum atomic E-state index is -3.83. The van der Waals surface area contributed by atoms with E-state index in [2.05, 4.69) is 0 Å². The fraction of sp³-hybridized carbons (Fsp3) is 0.500. The van der Waals surface area contributed by atoms with Gasteiger partial charge >= 0.3 is 0 Å². The van der Waals surface area contributed by atoms with E-state index >= 15 is 0 Å². The average Bonchev–Trinajstić information content (AvgIpc) is 2.55. The van der Waals surface area contributed by atoms with Crippen LogP contribution in [0.5, 0.6) is 0 Å². The molecule has 1 aliphatic heterocycles. The first-order valence-corrected chi connectivity index (χ1v) is 9.43. The monoisotopic (exact) mass is 356 g/mol. The third-order valence-corrected chi connectivity index (χ3v) is 6.23. The summed E-state index contributed by atoms with van der Waals surface area (Å²) in [6.07, 6.45) is 0. The SMILES string of the molecule is CC(=O)N1CCN(C(=O)C(C)S(=O)(=O)Cc2ccccc2F)CC1. The fourth-order valence-corrected chi connectivity index (χ4v) is 3.98. The second-order valence-corrected chi connectivity index (χ2v) is 8.19. The van der Waals surface area contributed by atoms with Crippen molar-refractivity contribution in [3.63, 3.8) is 0 Å². The molecule has 0 saturated carbocycles. The maximum atomic E-state index is 13.7. The summed E-state index contributed by atoms with van der Waals surface area (Å²) in [6.45, 7) is 4.17. The van der Waals surface area contributed by atoms with E-state index in [0.29, 0.717) is 26.2 Å². The molecule has 1 unspecified atom stereocenters. The van der Waals surface area contributed by atoms with Crippen molar-refractivity contribution in [3.05, 3.63) is 35.6 Å². The number of sulfone groups is 1. The van der Waals surface area contributed by atoms with E-state index in [0.717, 1.165) is 0 Å². The Kier molecular flexibility index (Phi) is 5.58. The molecule has 1 fully saturated rings. The van der Waals surface area contributed by atoms with Crippen LogP contribution in [0, 0.1) is 5.82 Å². The Bertz CT molecular complexity index is 727. The van der Waals surface area contributed by atoms with Gasteiger partial charge in [0.1, 0.15) is 11.1 Å². The van der Waals surface area contributed by atoms with Crippen LogP contribution >= 0.6 is 0 Å². The van der Waals surface area contributed by atoms with E-state index in [1.807, 2.05) is 0 Å². The Morgan fingerprint density at radius 1 is 1.12 bits per heavy atom. The average molecular weight is 356 g/mol. The summed E-state index contributed by atoms with van der Waals surface area (Å²) in [4.78, 5) is 26.8. The molecule has 0 aliphatic carbocycles. The van der Waals surface area contributed by atoms with Crippen molar-refractivity contribution in [1.29, 1.82) is 0 Å². The highest BCUT2D eigenvalue weighted by Gasteiger charge is 2.33. The molecule has 1 aliphatic rings. The molecule has 1 heterocycles. The predicted octanol–water partition coefficient (Wildman–Crippen LogP) is 0.820. The van der Waals surface area contributed by atoms with Crippen LogP contribution in [-0.2, 0) is 25.2 Å². The Labute approximate surface area is 141 Å². The van der Waals surface area contributed by atoms with Gasteiger partial charge < -0.3 is 9.80 Å². The van der Waals surface area contributed by atoms with Crippen molar-refractivity contribution >= 4 is 21.7 Å². The van der Waals surface area contributed by atoms with E-state index < -0.39 is 32.6 Å². The van der Waals surface area contributed by atoms with E-state index in [1.54, 1.807) is 11.0 Å². The summed E-state index contributed by atoms with van der Waals surface area (Å²) in [6, 6.07) is 5.63. The lowest BCUT2D eigenvalue weighted by atomic mass is 10.2. The second kappa shape index (κ2) is 7.29. The van der Waals surface area contributed by atoms with Crippen LogP contribution in [0.4, 0.5) is 4.39 Å². The summed E-state index contributed by atoms with van der Waals surface area (Å²) >= 11 is 0. The molecular weight excluding hydrogens is 335 g/mol. The van der Waals surface area contributed by atoms with Crippen molar-refractivity contribution in [3.8, 4) is 0 Å². The predicted molar refractivity (Wildman–Crippen MR) is 87.3 cm³/mol. The number of amides is 2. The highest BCUT2D eigenvalue weighted by molar-refractivity contribution is 7.92. The summed E-state index contributed by atoms with van der Waals surface area (Å²) in [5.74, 6) is -1.69. The van der Waals surface area contributed by atoms with Crippen LogP contribution in [-0.4, -0.2) is 61.5 Å². The van der Waals surface area contributed by atoms with Crippen LogP contribution in [0.15, 0.2) is 24.3 Å². The Morgan fingerprint density at radius 2 is 1.67 bits per heavy atom. The first kappa shape index (κ1) is 18.4. The van der Waals surface area contributed by atoms with Crippen LogP contribution in [0.1, 0.15) is 19.4 Å².